The van der Waals surface area contributed by atoms with Gasteiger partial charge in [-0.3, -0.25) is 9.69 Å². The number of methoxy groups -OCH3 is 1. The van der Waals surface area contributed by atoms with Gasteiger partial charge in [0.2, 0.25) is 5.91 Å². The van der Waals surface area contributed by atoms with E-state index in [1.807, 2.05) is 25.8 Å². The van der Waals surface area contributed by atoms with Gasteiger partial charge in [0, 0.05) is 12.2 Å². The predicted molar refractivity (Wildman–Crippen MR) is 74.0 cm³/mol. The minimum Gasteiger partial charge on any atom is -0.467 e. The lowest BCUT2D eigenvalue weighted by atomic mass is 9.96. The minimum atomic E-state index is -0.631. The summed E-state index contributed by atoms with van der Waals surface area (Å²) in [4.78, 5) is 28.5. The molecule has 3 heterocycles. The van der Waals surface area contributed by atoms with E-state index in [4.69, 9.17) is 9.47 Å². The molecule has 3 rings (SSSR count). The van der Waals surface area contributed by atoms with E-state index < -0.39 is 17.3 Å². The molecule has 0 saturated carbocycles. The number of nitrogens with zero attached hydrogens (tertiary/aromatic N) is 2. The zero-order valence-corrected chi connectivity index (χ0v) is 13.0. The summed E-state index contributed by atoms with van der Waals surface area (Å²) in [5, 5.41) is 0.0477. The van der Waals surface area contributed by atoms with Gasteiger partial charge in [0.1, 0.15) is 17.3 Å². The number of fused-ring (bicyclic) bond motifs is 1. The van der Waals surface area contributed by atoms with Crippen LogP contribution in [0.5, 0.6) is 0 Å². The summed E-state index contributed by atoms with van der Waals surface area (Å²) < 4.78 is 10.6. The van der Waals surface area contributed by atoms with Crippen LogP contribution in [0, 0.1) is 0 Å². The highest BCUT2D eigenvalue weighted by Crippen LogP contribution is 2.49. The standard InChI is InChI=1S/C13H20N2O4S/c1-12(2)14(3)13(7-19-12)5-9-15(11(13)17)8(6-20-9)10(16)18-4/h8-9H,5-7H2,1-4H3. The summed E-state index contributed by atoms with van der Waals surface area (Å²) in [7, 11) is 3.29. The van der Waals surface area contributed by atoms with E-state index in [0.29, 0.717) is 18.8 Å². The topological polar surface area (TPSA) is 59.1 Å². The Morgan fingerprint density at radius 2 is 2.20 bits per heavy atom. The maximum atomic E-state index is 12.9. The van der Waals surface area contributed by atoms with Crippen molar-refractivity contribution in [3.63, 3.8) is 0 Å². The molecule has 20 heavy (non-hydrogen) atoms. The summed E-state index contributed by atoms with van der Waals surface area (Å²) in [6.45, 7) is 4.31. The van der Waals surface area contributed by atoms with Crippen molar-refractivity contribution >= 4 is 23.6 Å². The lowest BCUT2D eigenvalue weighted by molar-refractivity contribution is -0.152. The first-order valence-electron chi connectivity index (χ1n) is 6.73. The zero-order valence-electron chi connectivity index (χ0n) is 12.2. The highest BCUT2D eigenvalue weighted by atomic mass is 32.2. The van der Waals surface area contributed by atoms with E-state index in [1.54, 1.807) is 16.7 Å². The Morgan fingerprint density at radius 3 is 2.75 bits per heavy atom. The molecular formula is C13H20N2O4S. The van der Waals surface area contributed by atoms with Gasteiger partial charge in [-0.2, -0.15) is 0 Å². The monoisotopic (exact) mass is 300 g/mol. The number of carbonyl (C=O) groups excluding carboxylic acids is 2. The maximum Gasteiger partial charge on any atom is 0.329 e. The third-order valence-corrected chi connectivity index (χ3v) is 6.11. The number of likely N-dealkylation sites (N-methyl/N-ethyl adjacent to an activating group) is 1. The summed E-state index contributed by atoms with van der Waals surface area (Å²) in [6.07, 6.45) is 0.698. The summed E-state index contributed by atoms with van der Waals surface area (Å²) in [5.74, 6) is 0.287. The van der Waals surface area contributed by atoms with Gasteiger partial charge in [0.15, 0.2) is 0 Å². The molecular weight excluding hydrogens is 280 g/mol. The van der Waals surface area contributed by atoms with Gasteiger partial charge in [0.25, 0.3) is 0 Å². The Hall–Kier alpha value is -0.790. The first-order valence-corrected chi connectivity index (χ1v) is 7.78. The molecule has 112 valence electrons. The van der Waals surface area contributed by atoms with E-state index in [2.05, 4.69) is 0 Å². The van der Waals surface area contributed by atoms with Crippen LogP contribution >= 0.6 is 11.8 Å². The average molecular weight is 300 g/mol. The number of carbonyl (C=O) groups is 2. The largest absolute Gasteiger partial charge is 0.467 e. The lowest BCUT2D eigenvalue weighted by Gasteiger charge is -2.35. The number of hydrogen-bond acceptors (Lipinski definition) is 6. The smallest absolute Gasteiger partial charge is 0.329 e. The van der Waals surface area contributed by atoms with Gasteiger partial charge in [-0.05, 0) is 20.9 Å². The van der Waals surface area contributed by atoms with Crippen LogP contribution in [0.25, 0.3) is 0 Å². The number of esters is 1. The lowest BCUT2D eigenvalue weighted by Crippen LogP contribution is -2.56. The molecule has 3 fully saturated rings. The van der Waals surface area contributed by atoms with Crippen LogP contribution in [0.2, 0.25) is 0 Å². The molecule has 0 aromatic rings. The van der Waals surface area contributed by atoms with Gasteiger partial charge in [-0.25, -0.2) is 4.79 Å². The van der Waals surface area contributed by atoms with Crippen molar-refractivity contribution in [2.24, 2.45) is 0 Å². The summed E-state index contributed by atoms with van der Waals surface area (Å²) in [6, 6.07) is -0.459. The van der Waals surface area contributed by atoms with Crippen LogP contribution in [0.15, 0.2) is 0 Å². The Labute approximate surface area is 122 Å². The first kappa shape index (κ1) is 14.2. The average Bonchev–Trinajstić information content (AvgIpc) is 3.01. The van der Waals surface area contributed by atoms with E-state index in [9.17, 15) is 9.59 Å². The van der Waals surface area contributed by atoms with Crippen LogP contribution in [-0.4, -0.2) is 70.9 Å². The van der Waals surface area contributed by atoms with E-state index >= 15 is 0 Å². The van der Waals surface area contributed by atoms with Gasteiger partial charge in [0.05, 0.1) is 19.1 Å². The molecule has 3 aliphatic rings. The molecule has 6 nitrogen and oxygen atoms in total. The fraction of sp³-hybridized carbons (Fsp3) is 0.846. The van der Waals surface area contributed by atoms with E-state index in [1.165, 1.54) is 7.11 Å². The Kier molecular flexibility index (Phi) is 3.08. The molecule has 3 atom stereocenters. The Morgan fingerprint density at radius 1 is 1.50 bits per heavy atom. The number of thioether (sulfide) groups is 1. The SMILES string of the molecule is COC(=O)C1CSC2CC3(COC(C)(C)N3C)C(=O)N21. The zero-order chi connectivity index (χ0) is 14.7. The molecule has 1 spiro atoms. The molecule has 0 radical (unpaired) electrons. The molecule has 3 aliphatic heterocycles. The second kappa shape index (κ2) is 4.35. The maximum absolute atomic E-state index is 12.9. The van der Waals surface area contributed by atoms with Gasteiger partial charge >= 0.3 is 5.97 Å². The molecule has 0 N–H and O–H groups in total. The van der Waals surface area contributed by atoms with Crippen molar-refractivity contribution in [2.45, 2.75) is 42.9 Å². The fourth-order valence-electron chi connectivity index (χ4n) is 3.33. The molecule has 3 unspecified atom stereocenters. The van der Waals surface area contributed by atoms with Crippen LogP contribution in [0.1, 0.15) is 20.3 Å². The summed E-state index contributed by atoms with van der Waals surface area (Å²) in [5.41, 5.74) is -1.09. The van der Waals surface area contributed by atoms with Crippen LogP contribution < -0.4 is 0 Å². The molecule has 0 aromatic carbocycles. The second-order valence-corrected chi connectivity index (χ2v) is 7.28. The van der Waals surface area contributed by atoms with Crippen molar-refractivity contribution in [3.8, 4) is 0 Å². The molecule has 7 heteroatoms. The van der Waals surface area contributed by atoms with Crippen molar-refractivity contribution < 1.29 is 19.1 Å². The molecule has 0 aliphatic carbocycles. The molecule has 3 saturated heterocycles. The Balaban J connectivity index is 1.90. The first-order chi connectivity index (χ1) is 9.33. The van der Waals surface area contributed by atoms with E-state index in [-0.39, 0.29) is 17.3 Å². The second-order valence-electron chi connectivity index (χ2n) is 6.07. The number of amides is 1. The highest BCUT2D eigenvalue weighted by Gasteiger charge is 2.64. The number of hydrogen-bond donors (Lipinski definition) is 0. The van der Waals surface area contributed by atoms with Crippen molar-refractivity contribution in [1.82, 2.24) is 9.80 Å². The fourth-order valence-corrected chi connectivity index (χ4v) is 4.83. The van der Waals surface area contributed by atoms with Crippen LogP contribution in [0.4, 0.5) is 0 Å². The van der Waals surface area contributed by atoms with Gasteiger partial charge in [-0.15, -0.1) is 11.8 Å². The molecule has 0 bridgehead atoms. The molecule has 0 aromatic heterocycles. The van der Waals surface area contributed by atoms with Crippen LogP contribution in [-0.2, 0) is 19.1 Å². The third kappa shape index (κ3) is 1.66. The van der Waals surface area contributed by atoms with Gasteiger partial charge < -0.3 is 14.4 Å². The van der Waals surface area contributed by atoms with E-state index in [0.717, 1.165) is 0 Å². The van der Waals surface area contributed by atoms with Gasteiger partial charge in [-0.1, -0.05) is 0 Å². The normalized spacial score (nSPS) is 39.6. The van der Waals surface area contributed by atoms with Crippen molar-refractivity contribution in [2.75, 3.05) is 26.5 Å². The number of ether oxygens (including phenoxy) is 2. The Bertz CT molecular complexity index is 469. The molecule has 1 amide bonds. The van der Waals surface area contributed by atoms with Crippen molar-refractivity contribution in [3.05, 3.63) is 0 Å². The van der Waals surface area contributed by atoms with Crippen molar-refractivity contribution in [1.29, 1.82) is 0 Å². The highest BCUT2D eigenvalue weighted by molar-refractivity contribution is 8.00. The number of rotatable bonds is 1. The predicted octanol–water partition coefficient (Wildman–Crippen LogP) is 0.270. The minimum absolute atomic E-state index is 0.00373. The quantitative estimate of drug-likeness (QED) is 0.648. The van der Waals surface area contributed by atoms with Crippen LogP contribution in [0.3, 0.4) is 0 Å². The summed E-state index contributed by atoms with van der Waals surface area (Å²) >= 11 is 1.65. The third-order valence-electron chi connectivity index (χ3n) is 4.82.